The molecule has 1 fully saturated rings. The van der Waals surface area contributed by atoms with Gasteiger partial charge in [-0.05, 0) is 36.9 Å². The molecule has 0 aliphatic carbocycles. The van der Waals surface area contributed by atoms with Crippen molar-refractivity contribution >= 4 is 11.3 Å². The Hall–Kier alpha value is -0.420. The Morgan fingerprint density at radius 1 is 1.69 bits per heavy atom. The molecule has 1 aliphatic rings. The number of hydrogen-bond donors (Lipinski definition) is 3. The first kappa shape index (κ1) is 12.0. The number of rotatable bonds is 4. The summed E-state index contributed by atoms with van der Waals surface area (Å²) in [6, 6.07) is 4.20. The van der Waals surface area contributed by atoms with Gasteiger partial charge in [0.05, 0.1) is 6.61 Å². The van der Waals surface area contributed by atoms with Crippen molar-refractivity contribution < 1.29 is 5.11 Å². The van der Waals surface area contributed by atoms with Crippen molar-refractivity contribution in [3.8, 4) is 0 Å². The van der Waals surface area contributed by atoms with Gasteiger partial charge in [0, 0.05) is 17.0 Å². The number of nitrogens with one attached hydrogen (secondary N) is 2. The molecule has 0 radical (unpaired) electrons. The predicted molar refractivity (Wildman–Crippen MR) is 67.6 cm³/mol. The smallest absolute Gasteiger partial charge is 0.0617 e. The minimum absolute atomic E-state index is 0.102. The molecule has 0 bridgehead atoms. The highest BCUT2D eigenvalue weighted by Gasteiger charge is 2.37. The van der Waals surface area contributed by atoms with E-state index in [1.54, 1.807) is 11.3 Å². The van der Waals surface area contributed by atoms with E-state index in [1.807, 2.05) is 0 Å². The van der Waals surface area contributed by atoms with Crippen LogP contribution >= 0.6 is 11.3 Å². The summed E-state index contributed by atoms with van der Waals surface area (Å²) in [4.78, 5) is 1.33. The Morgan fingerprint density at radius 2 is 2.56 bits per heavy atom. The van der Waals surface area contributed by atoms with E-state index in [4.69, 9.17) is 0 Å². The van der Waals surface area contributed by atoms with E-state index in [-0.39, 0.29) is 12.1 Å². The van der Waals surface area contributed by atoms with Crippen LogP contribution < -0.4 is 10.6 Å². The second kappa shape index (κ2) is 5.27. The van der Waals surface area contributed by atoms with Crippen molar-refractivity contribution in [3.63, 3.8) is 0 Å². The number of thiophene rings is 1. The molecule has 3 N–H and O–H groups in total. The molecule has 2 atom stereocenters. The second-order valence-electron chi connectivity index (χ2n) is 4.60. The second-order valence-corrected chi connectivity index (χ2v) is 5.63. The SMILES string of the molecule is CC1CNCCC1(CO)NCc1cccs1. The lowest BCUT2D eigenvalue weighted by atomic mass is 9.80. The van der Waals surface area contributed by atoms with Crippen LogP contribution in [0.4, 0.5) is 0 Å². The summed E-state index contributed by atoms with van der Waals surface area (Å²) in [5, 5.41) is 18.7. The minimum Gasteiger partial charge on any atom is -0.394 e. The normalized spacial score (nSPS) is 30.5. The largest absolute Gasteiger partial charge is 0.394 e. The van der Waals surface area contributed by atoms with E-state index in [0.717, 1.165) is 26.1 Å². The van der Waals surface area contributed by atoms with Crippen LogP contribution in [0, 0.1) is 5.92 Å². The maximum atomic E-state index is 9.65. The zero-order valence-corrected chi connectivity index (χ0v) is 10.5. The first-order chi connectivity index (χ1) is 7.77. The highest BCUT2D eigenvalue weighted by molar-refractivity contribution is 7.09. The van der Waals surface area contributed by atoms with Crippen molar-refractivity contribution in [2.75, 3.05) is 19.7 Å². The summed E-state index contributed by atoms with van der Waals surface area (Å²) in [6.07, 6.45) is 0.996. The van der Waals surface area contributed by atoms with Crippen LogP contribution in [-0.4, -0.2) is 30.3 Å². The lowest BCUT2D eigenvalue weighted by Crippen LogP contribution is -2.60. The number of aliphatic hydroxyl groups excluding tert-OH is 1. The molecular formula is C12H20N2OS. The van der Waals surface area contributed by atoms with Crippen LogP contribution in [0.15, 0.2) is 17.5 Å². The highest BCUT2D eigenvalue weighted by atomic mass is 32.1. The van der Waals surface area contributed by atoms with Crippen molar-refractivity contribution in [1.29, 1.82) is 0 Å². The van der Waals surface area contributed by atoms with E-state index in [1.165, 1.54) is 4.88 Å². The van der Waals surface area contributed by atoms with Crippen molar-refractivity contribution in [1.82, 2.24) is 10.6 Å². The third kappa shape index (κ3) is 2.46. The quantitative estimate of drug-likeness (QED) is 0.741. The van der Waals surface area contributed by atoms with Gasteiger partial charge in [-0.3, -0.25) is 0 Å². The van der Waals surface area contributed by atoms with E-state index >= 15 is 0 Å². The van der Waals surface area contributed by atoms with Gasteiger partial charge in [-0.15, -0.1) is 11.3 Å². The van der Waals surface area contributed by atoms with Crippen molar-refractivity contribution in [2.24, 2.45) is 5.92 Å². The minimum atomic E-state index is -0.102. The molecule has 1 aromatic rings. The Labute approximate surface area is 101 Å². The van der Waals surface area contributed by atoms with Crippen LogP contribution in [0.1, 0.15) is 18.2 Å². The third-order valence-electron chi connectivity index (χ3n) is 3.62. The van der Waals surface area contributed by atoms with Crippen molar-refractivity contribution in [3.05, 3.63) is 22.4 Å². The van der Waals surface area contributed by atoms with Gasteiger partial charge in [-0.25, -0.2) is 0 Å². The van der Waals surface area contributed by atoms with Gasteiger partial charge in [-0.1, -0.05) is 13.0 Å². The summed E-state index contributed by atoms with van der Waals surface area (Å²) in [6.45, 7) is 5.26. The summed E-state index contributed by atoms with van der Waals surface area (Å²) < 4.78 is 0. The summed E-state index contributed by atoms with van der Waals surface area (Å²) >= 11 is 1.76. The first-order valence-corrected chi connectivity index (χ1v) is 6.74. The van der Waals surface area contributed by atoms with Crippen LogP contribution in [0.25, 0.3) is 0 Å². The Kier molecular flexibility index (Phi) is 3.97. The van der Waals surface area contributed by atoms with Crippen molar-refractivity contribution in [2.45, 2.75) is 25.4 Å². The molecule has 3 nitrogen and oxygen atoms in total. The van der Waals surface area contributed by atoms with Gasteiger partial charge in [0.15, 0.2) is 0 Å². The van der Waals surface area contributed by atoms with Gasteiger partial charge >= 0.3 is 0 Å². The van der Waals surface area contributed by atoms with Gasteiger partial charge in [0.2, 0.25) is 0 Å². The van der Waals surface area contributed by atoms with Crippen LogP contribution in [-0.2, 0) is 6.54 Å². The maximum Gasteiger partial charge on any atom is 0.0617 e. The average Bonchev–Trinajstić information content (AvgIpc) is 2.82. The van der Waals surface area contributed by atoms with Crippen LogP contribution in [0.2, 0.25) is 0 Å². The van der Waals surface area contributed by atoms with Gasteiger partial charge in [-0.2, -0.15) is 0 Å². The van der Waals surface area contributed by atoms with Gasteiger partial charge in [0.25, 0.3) is 0 Å². The molecule has 2 unspecified atom stereocenters. The molecule has 2 rings (SSSR count). The Bertz CT molecular complexity index is 315. The number of hydrogen-bond acceptors (Lipinski definition) is 4. The molecular weight excluding hydrogens is 220 g/mol. The van der Waals surface area contributed by atoms with E-state index in [9.17, 15) is 5.11 Å². The molecule has 1 saturated heterocycles. The molecule has 1 aliphatic heterocycles. The molecule has 1 aromatic heterocycles. The topological polar surface area (TPSA) is 44.3 Å². The van der Waals surface area contributed by atoms with Crippen LogP contribution in [0.3, 0.4) is 0 Å². The van der Waals surface area contributed by atoms with E-state index in [0.29, 0.717) is 5.92 Å². The fourth-order valence-electron chi connectivity index (χ4n) is 2.30. The van der Waals surface area contributed by atoms with Crippen LogP contribution in [0.5, 0.6) is 0 Å². The molecule has 16 heavy (non-hydrogen) atoms. The van der Waals surface area contributed by atoms with Gasteiger partial charge < -0.3 is 15.7 Å². The monoisotopic (exact) mass is 240 g/mol. The Morgan fingerprint density at radius 3 is 3.19 bits per heavy atom. The average molecular weight is 240 g/mol. The summed E-state index contributed by atoms with van der Waals surface area (Å²) in [5.41, 5.74) is -0.102. The maximum absolute atomic E-state index is 9.65. The first-order valence-electron chi connectivity index (χ1n) is 5.86. The molecule has 2 heterocycles. The number of piperidine rings is 1. The molecule has 90 valence electrons. The lowest BCUT2D eigenvalue weighted by Gasteiger charge is -2.42. The Balaban J connectivity index is 1.98. The standard InChI is InChI=1S/C12H20N2OS/c1-10-7-13-5-4-12(10,9-15)14-8-11-3-2-6-16-11/h2-3,6,10,13-15H,4-5,7-9H2,1H3. The number of aliphatic hydroxyl groups is 1. The fraction of sp³-hybridized carbons (Fsp3) is 0.667. The van der Waals surface area contributed by atoms with E-state index in [2.05, 4.69) is 35.1 Å². The third-order valence-corrected chi connectivity index (χ3v) is 4.50. The summed E-state index contributed by atoms with van der Waals surface area (Å²) in [7, 11) is 0. The molecule has 0 amide bonds. The molecule has 0 spiro atoms. The predicted octanol–water partition coefficient (Wildman–Crippen LogP) is 1.20. The molecule has 0 aromatic carbocycles. The van der Waals surface area contributed by atoms with E-state index < -0.39 is 0 Å². The highest BCUT2D eigenvalue weighted by Crippen LogP contribution is 2.24. The fourth-order valence-corrected chi connectivity index (χ4v) is 2.95. The van der Waals surface area contributed by atoms with Gasteiger partial charge in [0.1, 0.15) is 0 Å². The zero-order chi connectivity index (χ0) is 11.4. The molecule has 4 heteroatoms. The lowest BCUT2D eigenvalue weighted by molar-refractivity contribution is 0.0817. The summed E-state index contributed by atoms with van der Waals surface area (Å²) in [5.74, 6) is 0.464. The zero-order valence-electron chi connectivity index (χ0n) is 9.70. The molecule has 0 saturated carbocycles.